The van der Waals surface area contributed by atoms with Crippen LogP contribution < -0.4 is 19.5 Å². The lowest BCUT2D eigenvalue weighted by atomic mass is 9.96. The minimum atomic E-state index is -0.143. The molecule has 1 aromatic carbocycles. The first-order chi connectivity index (χ1) is 15.4. The van der Waals surface area contributed by atoms with E-state index >= 15 is 0 Å². The summed E-state index contributed by atoms with van der Waals surface area (Å²) in [6, 6.07) is 3.50. The van der Waals surface area contributed by atoms with E-state index in [2.05, 4.69) is 15.3 Å². The number of nitrogens with one attached hydrogen (secondary N) is 2. The highest BCUT2D eigenvalue weighted by molar-refractivity contribution is 7.13. The molecule has 32 heavy (non-hydrogen) atoms. The Morgan fingerprint density at radius 1 is 1.12 bits per heavy atom. The highest BCUT2D eigenvalue weighted by Gasteiger charge is 2.29. The van der Waals surface area contributed by atoms with Gasteiger partial charge in [-0.2, -0.15) is 0 Å². The molecule has 4 rings (SSSR count). The monoisotopic (exact) mass is 458 g/mol. The summed E-state index contributed by atoms with van der Waals surface area (Å²) < 4.78 is 16.4. The Morgan fingerprint density at radius 2 is 1.84 bits per heavy atom. The molecule has 170 valence electrons. The van der Waals surface area contributed by atoms with E-state index in [1.807, 2.05) is 12.3 Å². The van der Waals surface area contributed by atoms with Crippen molar-refractivity contribution < 1.29 is 23.8 Å². The number of fused-ring (bicyclic) bond motifs is 1. The topological polar surface area (TPSA) is 106 Å². The predicted molar refractivity (Wildman–Crippen MR) is 122 cm³/mol. The summed E-state index contributed by atoms with van der Waals surface area (Å²) in [6.07, 6.45) is 1.20. The number of hydrogen-bond donors (Lipinski definition) is 2. The van der Waals surface area contributed by atoms with Crippen molar-refractivity contribution in [2.45, 2.75) is 19.8 Å². The number of methoxy groups -OCH3 is 3. The van der Waals surface area contributed by atoms with Crippen LogP contribution in [0.1, 0.15) is 29.0 Å². The SMILES string of the molecule is COc1cc(OC)c2cc(C(=O)N3CCC(C(=O)Nc4nc(C)cs4)CC3)[nH]c2c1OC. The number of nitrogens with zero attached hydrogens (tertiary/aromatic N) is 2. The van der Waals surface area contributed by atoms with Crippen LogP contribution in [0.15, 0.2) is 17.5 Å². The number of rotatable bonds is 6. The van der Waals surface area contributed by atoms with Gasteiger partial charge in [0.15, 0.2) is 16.6 Å². The highest BCUT2D eigenvalue weighted by Crippen LogP contribution is 2.41. The number of aromatic amines is 1. The predicted octanol–water partition coefficient (Wildman–Crippen LogP) is 3.45. The summed E-state index contributed by atoms with van der Waals surface area (Å²) in [5.41, 5.74) is 1.96. The van der Waals surface area contributed by atoms with Gasteiger partial charge < -0.3 is 29.4 Å². The van der Waals surface area contributed by atoms with Crippen LogP contribution in [0.2, 0.25) is 0 Å². The number of carbonyl (C=O) groups excluding carboxylic acids is 2. The second kappa shape index (κ2) is 9.07. The van der Waals surface area contributed by atoms with Crippen LogP contribution in [-0.2, 0) is 4.79 Å². The largest absolute Gasteiger partial charge is 0.496 e. The van der Waals surface area contributed by atoms with Crippen LogP contribution >= 0.6 is 11.3 Å². The Labute approximate surface area is 189 Å². The van der Waals surface area contributed by atoms with Gasteiger partial charge in [-0.15, -0.1) is 11.3 Å². The van der Waals surface area contributed by atoms with E-state index in [4.69, 9.17) is 14.2 Å². The first-order valence-electron chi connectivity index (χ1n) is 10.3. The molecule has 0 aliphatic carbocycles. The summed E-state index contributed by atoms with van der Waals surface area (Å²) in [6.45, 7) is 2.89. The van der Waals surface area contributed by atoms with Gasteiger partial charge in [-0.3, -0.25) is 9.59 Å². The van der Waals surface area contributed by atoms with Crippen LogP contribution in [0.3, 0.4) is 0 Å². The molecule has 3 heterocycles. The minimum absolute atomic E-state index is 0.0429. The lowest BCUT2D eigenvalue weighted by Gasteiger charge is -2.30. The van der Waals surface area contributed by atoms with Gasteiger partial charge in [0.1, 0.15) is 11.4 Å². The van der Waals surface area contributed by atoms with Gasteiger partial charge in [0.05, 0.1) is 32.5 Å². The number of likely N-dealkylation sites (tertiary alicyclic amines) is 1. The molecular weight excluding hydrogens is 432 g/mol. The van der Waals surface area contributed by atoms with E-state index in [-0.39, 0.29) is 17.7 Å². The normalized spacial score (nSPS) is 14.4. The molecule has 1 saturated heterocycles. The Hall–Kier alpha value is -3.27. The third-order valence-corrected chi connectivity index (χ3v) is 6.55. The number of carbonyl (C=O) groups is 2. The van der Waals surface area contributed by atoms with Crippen LogP contribution in [0, 0.1) is 12.8 Å². The van der Waals surface area contributed by atoms with Crippen molar-refractivity contribution in [3.05, 3.63) is 28.9 Å². The van der Waals surface area contributed by atoms with Crippen molar-refractivity contribution in [3.63, 3.8) is 0 Å². The maximum Gasteiger partial charge on any atom is 0.270 e. The molecule has 1 aliphatic rings. The zero-order valence-electron chi connectivity index (χ0n) is 18.5. The number of H-pyrrole nitrogens is 1. The van der Waals surface area contributed by atoms with Crippen molar-refractivity contribution in [3.8, 4) is 17.2 Å². The van der Waals surface area contributed by atoms with E-state index in [0.29, 0.717) is 59.5 Å². The van der Waals surface area contributed by atoms with Crippen LogP contribution in [-0.4, -0.2) is 61.1 Å². The standard InChI is InChI=1S/C22H26N4O5S/c1-12-11-32-22(23-12)25-20(27)13-5-7-26(8-6-13)21(28)15-9-14-16(29-2)10-17(30-3)19(31-4)18(14)24-15/h9-11,13,24H,5-8H2,1-4H3,(H,23,25,27). The summed E-state index contributed by atoms with van der Waals surface area (Å²) in [5.74, 6) is 1.29. The minimum Gasteiger partial charge on any atom is -0.496 e. The number of benzene rings is 1. The third-order valence-electron chi connectivity index (χ3n) is 5.67. The molecule has 3 aromatic rings. The molecule has 10 heteroatoms. The lowest BCUT2D eigenvalue weighted by molar-refractivity contribution is -0.121. The zero-order valence-corrected chi connectivity index (χ0v) is 19.3. The molecule has 9 nitrogen and oxygen atoms in total. The average molecular weight is 459 g/mol. The summed E-state index contributed by atoms with van der Waals surface area (Å²) in [5, 5.41) is 6.13. The highest BCUT2D eigenvalue weighted by atomic mass is 32.1. The molecule has 2 aromatic heterocycles. The second-order valence-corrected chi connectivity index (χ2v) is 8.49. The zero-order chi connectivity index (χ0) is 22.8. The Morgan fingerprint density at radius 3 is 2.44 bits per heavy atom. The van der Waals surface area contributed by atoms with Crippen LogP contribution in [0.4, 0.5) is 5.13 Å². The third kappa shape index (κ3) is 4.10. The second-order valence-electron chi connectivity index (χ2n) is 7.64. The molecule has 0 atom stereocenters. The van der Waals surface area contributed by atoms with Gasteiger partial charge in [-0.1, -0.05) is 0 Å². The first-order valence-corrected chi connectivity index (χ1v) is 11.2. The fourth-order valence-electron chi connectivity index (χ4n) is 3.99. The lowest BCUT2D eigenvalue weighted by Crippen LogP contribution is -2.41. The molecule has 2 amide bonds. The van der Waals surface area contributed by atoms with Gasteiger partial charge in [0, 0.05) is 35.8 Å². The number of thiazole rings is 1. The molecule has 2 N–H and O–H groups in total. The molecule has 0 saturated carbocycles. The number of aromatic nitrogens is 2. The quantitative estimate of drug-likeness (QED) is 0.586. The fourth-order valence-corrected chi connectivity index (χ4v) is 4.68. The molecule has 0 radical (unpaired) electrons. The van der Waals surface area contributed by atoms with E-state index < -0.39 is 0 Å². The number of aryl methyl sites for hydroxylation is 1. The van der Waals surface area contributed by atoms with Crippen LogP contribution in [0.5, 0.6) is 17.2 Å². The summed E-state index contributed by atoms with van der Waals surface area (Å²) in [7, 11) is 4.67. The number of piperidine rings is 1. The maximum absolute atomic E-state index is 13.2. The Bertz CT molecular complexity index is 1150. The summed E-state index contributed by atoms with van der Waals surface area (Å²) in [4.78, 5) is 34.9. The fraction of sp³-hybridized carbons (Fsp3) is 0.409. The molecule has 1 aliphatic heterocycles. The first kappa shape index (κ1) is 21.9. The maximum atomic E-state index is 13.2. The van der Waals surface area contributed by atoms with Crippen molar-refractivity contribution >= 4 is 39.2 Å². The molecule has 0 bridgehead atoms. The smallest absolute Gasteiger partial charge is 0.270 e. The van der Waals surface area contributed by atoms with E-state index in [1.54, 1.807) is 38.4 Å². The van der Waals surface area contributed by atoms with Crippen molar-refractivity contribution in [1.29, 1.82) is 0 Å². The van der Waals surface area contributed by atoms with Gasteiger partial charge in [-0.25, -0.2) is 4.98 Å². The van der Waals surface area contributed by atoms with Crippen molar-refractivity contribution in [2.24, 2.45) is 5.92 Å². The van der Waals surface area contributed by atoms with E-state index in [1.165, 1.54) is 11.3 Å². The number of anilines is 1. The van der Waals surface area contributed by atoms with E-state index in [9.17, 15) is 9.59 Å². The number of hydrogen-bond acceptors (Lipinski definition) is 7. The van der Waals surface area contributed by atoms with Gasteiger partial charge in [-0.05, 0) is 25.8 Å². The van der Waals surface area contributed by atoms with E-state index in [0.717, 1.165) is 11.1 Å². The van der Waals surface area contributed by atoms with Gasteiger partial charge >= 0.3 is 0 Å². The molecule has 1 fully saturated rings. The van der Waals surface area contributed by atoms with Gasteiger partial charge in [0.25, 0.3) is 5.91 Å². The Kier molecular flexibility index (Phi) is 6.22. The Balaban J connectivity index is 1.47. The molecular formula is C22H26N4O5S. The number of ether oxygens (including phenoxy) is 3. The van der Waals surface area contributed by atoms with Gasteiger partial charge in [0.2, 0.25) is 5.91 Å². The molecule has 0 unspecified atom stereocenters. The molecule has 0 spiro atoms. The number of amides is 2. The van der Waals surface area contributed by atoms with Crippen molar-refractivity contribution in [1.82, 2.24) is 14.9 Å². The average Bonchev–Trinajstić information content (AvgIpc) is 3.43. The van der Waals surface area contributed by atoms with Crippen molar-refractivity contribution in [2.75, 3.05) is 39.7 Å². The summed E-state index contributed by atoms with van der Waals surface area (Å²) >= 11 is 1.41. The van der Waals surface area contributed by atoms with Crippen LogP contribution in [0.25, 0.3) is 10.9 Å².